The highest BCUT2D eigenvalue weighted by molar-refractivity contribution is 5.92. The Morgan fingerprint density at radius 1 is 0.455 bits per heavy atom. The van der Waals surface area contributed by atoms with E-state index in [4.69, 9.17) is 0 Å². The second kappa shape index (κ2) is 11.3. The fourth-order valence-electron chi connectivity index (χ4n) is 8.51. The number of aryl methyl sites for hydroxylation is 2. The van der Waals surface area contributed by atoms with Crippen molar-refractivity contribution in [1.82, 2.24) is 0 Å². The number of hydrogen-bond acceptors (Lipinski definition) is 0. The Kier molecular flexibility index (Phi) is 7.32. The van der Waals surface area contributed by atoms with E-state index in [0.29, 0.717) is 5.92 Å². The average Bonchev–Trinajstić information content (AvgIpc) is 3.88. The van der Waals surface area contributed by atoms with Crippen LogP contribution in [0.2, 0.25) is 0 Å². The lowest BCUT2D eigenvalue weighted by atomic mass is 9.76. The van der Waals surface area contributed by atoms with Gasteiger partial charge < -0.3 is 0 Å². The highest BCUT2D eigenvalue weighted by Crippen LogP contribution is 2.57. The first-order chi connectivity index (χ1) is 21.6. The van der Waals surface area contributed by atoms with E-state index in [1.807, 2.05) is 0 Å². The molecule has 0 radical (unpaired) electrons. The molecule has 0 aliphatic heterocycles. The van der Waals surface area contributed by atoms with E-state index in [2.05, 4.69) is 88.4 Å². The summed E-state index contributed by atoms with van der Waals surface area (Å²) in [6.45, 7) is 9.50. The van der Waals surface area contributed by atoms with Gasteiger partial charge in [0.2, 0.25) is 0 Å². The summed E-state index contributed by atoms with van der Waals surface area (Å²) in [5.74, 6) is 2.91. The molecule has 0 atom stereocenters. The van der Waals surface area contributed by atoms with Gasteiger partial charge >= 0.3 is 0 Å². The molecule has 0 unspecified atom stereocenters. The normalized spacial score (nSPS) is 18.2. The van der Waals surface area contributed by atoms with Gasteiger partial charge in [0.1, 0.15) is 0 Å². The van der Waals surface area contributed by atoms with E-state index in [9.17, 15) is 0 Å². The monoisotopic (exact) mass is 578 g/mol. The molecule has 0 heteroatoms. The van der Waals surface area contributed by atoms with Crippen molar-refractivity contribution in [3.63, 3.8) is 0 Å². The highest BCUT2D eigenvalue weighted by Gasteiger charge is 2.37. The molecule has 4 fully saturated rings. The van der Waals surface area contributed by atoms with Gasteiger partial charge in [-0.15, -0.1) is 0 Å². The third kappa shape index (κ3) is 4.98. The fraction of sp³-hybridized carbons (Fsp3) is 0.455. The molecule has 0 aromatic heterocycles. The van der Waals surface area contributed by atoms with Gasteiger partial charge in [0.05, 0.1) is 0 Å². The Hall–Kier alpha value is -3.12. The molecule has 0 saturated heterocycles. The van der Waals surface area contributed by atoms with Crippen molar-refractivity contribution in [1.29, 1.82) is 0 Å². The summed E-state index contributed by atoms with van der Waals surface area (Å²) in [4.78, 5) is 0. The van der Waals surface area contributed by atoms with Crippen LogP contribution < -0.4 is 0 Å². The predicted molar refractivity (Wildman–Crippen MR) is 188 cm³/mol. The molecule has 0 spiro atoms. The Morgan fingerprint density at radius 2 is 1.09 bits per heavy atom. The van der Waals surface area contributed by atoms with Crippen LogP contribution in [0.3, 0.4) is 0 Å². The quantitative estimate of drug-likeness (QED) is 0.166. The van der Waals surface area contributed by atoms with E-state index in [0.717, 1.165) is 43.4 Å². The molecular weight excluding hydrogens is 528 g/mol. The molecule has 4 aliphatic carbocycles. The molecular formula is C44H50. The van der Waals surface area contributed by atoms with Gasteiger partial charge in [-0.3, -0.25) is 0 Å². The van der Waals surface area contributed by atoms with E-state index in [1.54, 1.807) is 61.2 Å². The maximum absolute atomic E-state index is 2.71. The number of benzene rings is 4. The maximum atomic E-state index is 2.71. The first-order valence-electron chi connectivity index (χ1n) is 18.2. The first kappa shape index (κ1) is 28.4. The van der Waals surface area contributed by atoms with Gasteiger partial charge in [-0.2, -0.15) is 0 Å². The second-order valence-electron chi connectivity index (χ2n) is 14.4. The average molecular weight is 579 g/mol. The van der Waals surface area contributed by atoms with Crippen LogP contribution in [0.25, 0.3) is 33.4 Å². The lowest BCUT2D eigenvalue weighted by Gasteiger charge is -2.27. The van der Waals surface area contributed by atoms with Gasteiger partial charge in [-0.1, -0.05) is 82.3 Å². The summed E-state index contributed by atoms with van der Waals surface area (Å²) in [5, 5.41) is 0. The summed E-state index contributed by atoms with van der Waals surface area (Å²) in [6, 6.07) is 24.8. The molecule has 0 heterocycles. The molecule has 0 N–H and O–H groups in total. The van der Waals surface area contributed by atoms with Crippen LogP contribution in [0.15, 0.2) is 60.7 Å². The van der Waals surface area contributed by atoms with Crippen molar-refractivity contribution in [2.45, 2.75) is 128 Å². The minimum absolute atomic E-state index is 0.677. The summed E-state index contributed by atoms with van der Waals surface area (Å²) in [7, 11) is 0. The van der Waals surface area contributed by atoms with E-state index < -0.39 is 0 Å². The van der Waals surface area contributed by atoms with Gasteiger partial charge in [0, 0.05) is 0 Å². The van der Waals surface area contributed by atoms with Gasteiger partial charge in [0.25, 0.3) is 0 Å². The molecule has 44 heavy (non-hydrogen) atoms. The molecule has 4 aliphatic rings. The SMILES string of the molecule is CCc1ccc(-c2cc(-c3cccc(CC)c3C3CC3)c(C3CC3)c(-c3cccc(C4CC4)c3CC)c2CC)c(C2CC2)c1. The molecule has 0 amide bonds. The molecule has 4 saturated carbocycles. The summed E-state index contributed by atoms with van der Waals surface area (Å²) < 4.78 is 0. The number of rotatable bonds is 11. The predicted octanol–water partition coefficient (Wildman–Crippen LogP) is 12.4. The Balaban J connectivity index is 1.49. The minimum Gasteiger partial charge on any atom is -0.0614 e. The van der Waals surface area contributed by atoms with Crippen molar-refractivity contribution in [3.8, 4) is 33.4 Å². The van der Waals surface area contributed by atoms with Gasteiger partial charge in [0.15, 0.2) is 0 Å². The summed E-state index contributed by atoms with van der Waals surface area (Å²) in [6.07, 6.45) is 15.2. The fourth-order valence-corrected chi connectivity index (χ4v) is 8.51. The lowest BCUT2D eigenvalue weighted by molar-refractivity contribution is 1.02. The molecule has 4 aromatic carbocycles. The van der Waals surface area contributed by atoms with E-state index in [-0.39, 0.29) is 0 Å². The minimum atomic E-state index is 0.677. The molecule has 0 nitrogen and oxygen atoms in total. The van der Waals surface area contributed by atoms with Crippen molar-refractivity contribution >= 4 is 0 Å². The van der Waals surface area contributed by atoms with Crippen molar-refractivity contribution in [2.24, 2.45) is 0 Å². The molecule has 226 valence electrons. The standard InChI is InChI=1S/C44H50/c1-5-27-15-24-36(39(25-27)30-18-19-30)40-26-41(38-13-9-11-28(6-2)42(38)31-20-21-31)43(32-22-23-32)44(34(40)8-4)37-14-10-12-35(29-16-17-29)33(37)7-3/h9-15,24-26,29-32H,5-8,16-23H2,1-4H3. The number of hydrogen-bond donors (Lipinski definition) is 0. The topological polar surface area (TPSA) is 0 Å². The summed E-state index contributed by atoms with van der Waals surface area (Å²) in [5.41, 5.74) is 22.2. The molecule has 0 bridgehead atoms. The Morgan fingerprint density at radius 3 is 1.73 bits per heavy atom. The lowest BCUT2D eigenvalue weighted by Crippen LogP contribution is -2.06. The molecule has 4 aromatic rings. The van der Waals surface area contributed by atoms with E-state index in [1.165, 1.54) is 68.1 Å². The third-order valence-corrected chi connectivity index (χ3v) is 11.4. The Bertz CT molecular complexity index is 1720. The van der Waals surface area contributed by atoms with Crippen LogP contribution in [-0.4, -0.2) is 0 Å². The van der Waals surface area contributed by atoms with Crippen LogP contribution in [0.4, 0.5) is 0 Å². The largest absolute Gasteiger partial charge is 0.0614 e. The van der Waals surface area contributed by atoms with Crippen molar-refractivity contribution in [2.75, 3.05) is 0 Å². The van der Waals surface area contributed by atoms with Crippen LogP contribution in [0.5, 0.6) is 0 Å². The van der Waals surface area contributed by atoms with Crippen molar-refractivity contribution in [3.05, 3.63) is 105 Å². The Labute approximate surface area is 266 Å². The van der Waals surface area contributed by atoms with Crippen LogP contribution in [0.1, 0.15) is 147 Å². The molecule has 8 rings (SSSR count). The smallest absolute Gasteiger partial charge is 0.0102 e. The van der Waals surface area contributed by atoms with Crippen LogP contribution in [-0.2, 0) is 25.7 Å². The van der Waals surface area contributed by atoms with E-state index >= 15 is 0 Å². The highest BCUT2D eigenvalue weighted by atomic mass is 14.4. The maximum Gasteiger partial charge on any atom is -0.0102 e. The zero-order valence-corrected chi connectivity index (χ0v) is 27.6. The zero-order valence-electron chi connectivity index (χ0n) is 27.6. The van der Waals surface area contributed by atoms with Crippen LogP contribution >= 0.6 is 0 Å². The summed E-state index contributed by atoms with van der Waals surface area (Å²) >= 11 is 0. The third-order valence-electron chi connectivity index (χ3n) is 11.4. The van der Waals surface area contributed by atoms with Crippen LogP contribution in [0, 0.1) is 0 Å². The first-order valence-corrected chi connectivity index (χ1v) is 18.2. The second-order valence-corrected chi connectivity index (χ2v) is 14.4. The van der Waals surface area contributed by atoms with Gasteiger partial charge in [-0.05, 0) is 185 Å². The van der Waals surface area contributed by atoms with Gasteiger partial charge in [-0.25, -0.2) is 0 Å². The van der Waals surface area contributed by atoms with Crippen molar-refractivity contribution < 1.29 is 0 Å². The zero-order chi connectivity index (χ0) is 29.9.